The summed E-state index contributed by atoms with van der Waals surface area (Å²) in [4.78, 5) is 16.7. The molecule has 0 amide bonds. The maximum Gasteiger partial charge on any atom is 0.286 e. The highest BCUT2D eigenvalue weighted by molar-refractivity contribution is 7.92. The van der Waals surface area contributed by atoms with Crippen LogP contribution in [0.25, 0.3) is 5.76 Å². The Hall–Kier alpha value is -4.00. The zero-order chi connectivity index (χ0) is 32.1. The third-order valence-corrected chi connectivity index (χ3v) is 9.81. The summed E-state index contributed by atoms with van der Waals surface area (Å²) in [7, 11) is -6.20. The zero-order valence-corrected chi connectivity index (χ0v) is 26.9. The van der Waals surface area contributed by atoms with E-state index in [9.17, 15) is 26.7 Å². The summed E-state index contributed by atoms with van der Waals surface area (Å²) in [6.45, 7) is 6.69. The van der Waals surface area contributed by atoms with Gasteiger partial charge in [-0.05, 0) is 54.6 Å². The number of carbonyl (C=O) groups excluding carboxylic acids is 1. The van der Waals surface area contributed by atoms with E-state index < -0.39 is 31.4 Å². The predicted molar refractivity (Wildman–Crippen MR) is 172 cm³/mol. The molecule has 44 heavy (non-hydrogen) atoms. The summed E-state index contributed by atoms with van der Waals surface area (Å²) in [6.07, 6.45) is 2.00. The summed E-state index contributed by atoms with van der Waals surface area (Å²) in [6, 6.07) is 20.8. The van der Waals surface area contributed by atoms with Crippen LogP contribution in [0, 0.1) is 5.41 Å². The number of aliphatic hydroxyl groups excluding tert-OH is 1. The fourth-order valence-electron chi connectivity index (χ4n) is 5.75. The quantitative estimate of drug-likeness (QED) is 0.303. The molecule has 5 rings (SSSR count). The number of nitrogens with zero attached hydrogens (tertiary/aromatic N) is 2. The molecule has 1 heterocycles. The Morgan fingerprint density at radius 1 is 1.02 bits per heavy atom. The lowest BCUT2D eigenvalue weighted by Gasteiger charge is -2.46. The van der Waals surface area contributed by atoms with Crippen molar-refractivity contribution < 1.29 is 26.7 Å². The summed E-state index contributed by atoms with van der Waals surface area (Å²) >= 11 is 0. The summed E-state index contributed by atoms with van der Waals surface area (Å²) in [5, 5.41) is 14.6. The maximum atomic E-state index is 15.0. The number of hydrogen-bond donors (Lipinski definition) is 3. The average molecular weight is 637 g/mol. The predicted octanol–water partition coefficient (Wildman–Crippen LogP) is 5.28. The first kappa shape index (κ1) is 31.4. The first-order valence-corrected chi connectivity index (χ1v) is 17.4. The van der Waals surface area contributed by atoms with Gasteiger partial charge >= 0.3 is 0 Å². The van der Waals surface area contributed by atoms with Crippen molar-refractivity contribution in [2.24, 2.45) is 9.81 Å². The van der Waals surface area contributed by atoms with Crippen molar-refractivity contribution in [3.8, 4) is 0 Å². The van der Waals surface area contributed by atoms with Crippen LogP contribution in [0.4, 0.5) is 11.4 Å². The highest BCUT2D eigenvalue weighted by Crippen LogP contribution is 2.47. The van der Waals surface area contributed by atoms with Crippen LogP contribution in [0.3, 0.4) is 0 Å². The SMILES string of the molecule is CN(Cc1ccccc1)C1(CCC(C)(C)C)C(=O)C(C2=NS(=O)(=O)c3cc(NS(C)(=O)=O)ccc3N2)=C(O)c2ccccc21. The van der Waals surface area contributed by atoms with Gasteiger partial charge in [-0.2, -0.15) is 8.42 Å². The molecular formula is C32H36N4O6S2. The number of benzene rings is 3. The standard InChI is InChI=1S/C32H36N4O6S2/c1-31(2,3)17-18-32(36(4)20-21-11-7-6-8-12-21)24-14-10-9-13-23(24)28(37)27(29(32)38)30-33-25-16-15-22(34-43(5,39)40)19-26(25)44(41,42)35-30/h6-16,19,34,37H,17-18,20H2,1-5H3,(H,33,35). The Balaban J connectivity index is 1.68. The fourth-order valence-corrected chi connectivity index (χ4v) is 7.46. The van der Waals surface area contributed by atoms with Crippen LogP contribution in [0.5, 0.6) is 0 Å². The van der Waals surface area contributed by atoms with Crippen molar-refractivity contribution in [3.05, 3.63) is 95.1 Å². The lowest BCUT2D eigenvalue weighted by Crippen LogP contribution is -2.54. The molecule has 1 aliphatic carbocycles. The first-order chi connectivity index (χ1) is 20.5. The van der Waals surface area contributed by atoms with Gasteiger partial charge < -0.3 is 10.4 Å². The molecule has 3 aromatic carbocycles. The van der Waals surface area contributed by atoms with E-state index in [4.69, 9.17) is 0 Å². The van der Waals surface area contributed by atoms with Crippen LogP contribution >= 0.6 is 0 Å². The summed E-state index contributed by atoms with van der Waals surface area (Å²) in [5.41, 5.74) is 0.534. The average Bonchev–Trinajstić information content (AvgIpc) is 2.92. The Labute approximate surface area is 258 Å². The molecule has 1 unspecified atom stereocenters. The number of Topliss-reactive ketones (excluding diaryl/α,β-unsaturated/α-hetero) is 1. The van der Waals surface area contributed by atoms with Crippen LogP contribution < -0.4 is 10.0 Å². The number of likely N-dealkylation sites (N-methyl/N-ethyl adjacent to an activating group) is 1. The molecule has 3 aromatic rings. The highest BCUT2D eigenvalue weighted by Gasteiger charge is 2.52. The molecule has 0 spiro atoms. The van der Waals surface area contributed by atoms with Crippen molar-refractivity contribution in [3.63, 3.8) is 0 Å². The van der Waals surface area contributed by atoms with Gasteiger partial charge in [0.25, 0.3) is 10.0 Å². The molecule has 0 saturated carbocycles. The van der Waals surface area contributed by atoms with E-state index in [1.54, 1.807) is 12.1 Å². The van der Waals surface area contributed by atoms with Gasteiger partial charge in [-0.25, -0.2) is 8.42 Å². The van der Waals surface area contributed by atoms with E-state index in [2.05, 4.69) is 35.2 Å². The summed E-state index contributed by atoms with van der Waals surface area (Å²) in [5.74, 6) is -1.14. The number of aliphatic hydroxyl groups is 1. The molecule has 232 valence electrons. The van der Waals surface area contributed by atoms with Gasteiger partial charge in [-0.3, -0.25) is 14.4 Å². The monoisotopic (exact) mass is 636 g/mol. The minimum absolute atomic E-state index is 0.0451. The maximum absolute atomic E-state index is 15.0. The van der Waals surface area contributed by atoms with Gasteiger partial charge in [0.1, 0.15) is 21.8 Å². The second-order valence-electron chi connectivity index (χ2n) is 12.5. The Bertz CT molecular complexity index is 1910. The smallest absolute Gasteiger partial charge is 0.286 e. The Kier molecular flexibility index (Phi) is 7.98. The first-order valence-electron chi connectivity index (χ1n) is 14.1. The van der Waals surface area contributed by atoms with Crippen molar-refractivity contribution in [1.29, 1.82) is 0 Å². The van der Waals surface area contributed by atoms with Gasteiger partial charge in [0.15, 0.2) is 11.6 Å². The number of hydrogen-bond acceptors (Lipinski definition) is 8. The molecular weight excluding hydrogens is 601 g/mol. The van der Waals surface area contributed by atoms with Gasteiger partial charge in [-0.1, -0.05) is 75.4 Å². The van der Waals surface area contributed by atoms with Gasteiger partial charge in [0.2, 0.25) is 10.0 Å². The van der Waals surface area contributed by atoms with Crippen molar-refractivity contribution in [1.82, 2.24) is 4.90 Å². The van der Waals surface area contributed by atoms with Crippen molar-refractivity contribution >= 4 is 48.8 Å². The number of anilines is 2. The number of rotatable bonds is 8. The van der Waals surface area contributed by atoms with Crippen LogP contribution in [0.2, 0.25) is 0 Å². The topological polar surface area (TPSA) is 145 Å². The molecule has 0 fully saturated rings. The van der Waals surface area contributed by atoms with Crippen LogP contribution in [0.1, 0.15) is 50.3 Å². The third-order valence-electron chi connectivity index (χ3n) is 7.88. The van der Waals surface area contributed by atoms with E-state index in [1.807, 2.05) is 54.4 Å². The number of amidine groups is 1. The second-order valence-corrected chi connectivity index (χ2v) is 15.8. The van der Waals surface area contributed by atoms with E-state index >= 15 is 0 Å². The molecule has 10 nitrogen and oxygen atoms in total. The number of carbonyl (C=O) groups is 1. The molecule has 2 aliphatic rings. The number of sulfonamides is 2. The molecule has 12 heteroatoms. The van der Waals surface area contributed by atoms with E-state index in [-0.39, 0.29) is 38.9 Å². The minimum atomic E-state index is -4.40. The molecule has 0 radical (unpaired) electrons. The second kappa shape index (κ2) is 11.2. The van der Waals surface area contributed by atoms with Gasteiger partial charge in [-0.15, -0.1) is 4.40 Å². The molecule has 3 N–H and O–H groups in total. The fraction of sp³-hybridized carbons (Fsp3) is 0.312. The van der Waals surface area contributed by atoms with Crippen LogP contribution in [-0.4, -0.2) is 51.8 Å². The van der Waals surface area contributed by atoms with E-state index in [1.165, 1.54) is 12.1 Å². The molecule has 1 atom stereocenters. The number of nitrogens with one attached hydrogen (secondary N) is 2. The minimum Gasteiger partial charge on any atom is -0.506 e. The number of fused-ring (bicyclic) bond motifs is 2. The van der Waals surface area contributed by atoms with Gasteiger partial charge in [0.05, 0.1) is 11.9 Å². The Morgan fingerprint density at radius 3 is 2.34 bits per heavy atom. The lowest BCUT2D eigenvalue weighted by atomic mass is 9.69. The lowest BCUT2D eigenvalue weighted by molar-refractivity contribution is -0.128. The molecule has 0 saturated heterocycles. The molecule has 0 aromatic heterocycles. The van der Waals surface area contributed by atoms with E-state index in [0.29, 0.717) is 30.5 Å². The van der Waals surface area contributed by atoms with E-state index in [0.717, 1.165) is 17.9 Å². The zero-order valence-electron chi connectivity index (χ0n) is 25.2. The normalized spacial score (nSPS) is 19.6. The van der Waals surface area contributed by atoms with Crippen molar-refractivity contribution in [2.75, 3.05) is 23.3 Å². The third kappa shape index (κ3) is 6.01. The van der Waals surface area contributed by atoms with Crippen molar-refractivity contribution in [2.45, 2.75) is 50.6 Å². The molecule has 1 aliphatic heterocycles. The molecule has 0 bridgehead atoms. The highest BCUT2D eigenvalue weighted by atomic mass is 32.2. The van der Waals surface area contributed by atoms with Gasteiger partial charge in [0, 0.05) is 17.8 Å². The van der Waals surface area contributed by atoms with Crippen LogP contribution in [-0.2, 0) is 36.9 Å². The number of ketones is 1. The van der Waals surface area contributed by atoms with Crippen LogP contribution in [0.15, 0.2) is 87.7 Å². The summed E-state index contributed by atoms with van der Waals surface area (Å²) < 4.78 is 56.6. The largest absolute Gasteiger partial charge is 0.506 e. The Morgan fingerprint density at radius 2 is 1.68 bits per heavy atom.